The number of hydrogen-bond donors (Lipinski definition) is 0. The molecule has 5 nitrogen and oxygen atoms in total. The van der Waals surface area contributed by atoms with E-state index in [1.54, 1.807) is 0 Å². The van der Waals surface area contributed by atoms with Crippen molar-refractivity contribution < 1.29 is 9.47 Å². The van der Waals surface area contributed by atoms with Gasteiger partial charge in [0.05, 0.1) is 11.1 Å². The zero-order chi connectivity index (χ0) is 16.5. The van der Waals surface area contributed by atoms with Gasteiger partial charge in [-0.05, 0) is 36.9 Å². The van der Waals surface area contributed by atoms with Crippen LogP contribution in [0.25, 0.3) is 5.52 Å². The maximum Gasteiger partial charge on any atom is 0.231 e. The van der Waals surface area contributed by atoms with Crippen molar-refractivity contribution in [2.24, 2.45) is 0 Å². The Labute approximate surface area is 140 Å². The lowest BCUT2D eigenvalue weighted by Gasteiger charge is -2.16. The summed E-state index contributed by atoms with van der Waals surface area (Å²) in [6, 6.07) is 14.2. The first kappa shape index (κ1) is 14.6. The minimum Gasteiger partial charge on any atom is -0.454 e. The second-order valence-electron chi connectivity index (χ2n) is 5.99. The molecule has 5 heteroatoms. The summed E-state index contributed by atoms with van der Waals surface area (Å²) in [5.41, 5.74) is 3.88. The van der Waals surface area contributed by atoms with E-state index in [0.717, 1.165) is 40.3 Å². The van der Waals surface area contributed by atoms with Crippen molar-refractivity contribution in [1.29, 1.82) is 5.26 Å². The van der Waals surface area contributed by atoms with Crippen LogP contribution in [0.4, 0.5) is 0 Å². The molecule has 0 fully saturated rings. The molecule has 0 saturated heterocycles. The van der Waals surface area contributed by atoms with Crippen molar-refractivity contribution >= 4 is 5.52 Å². The Morgan fingerprint density at radius 1 is 1.17 bits per heavy atom. The van der Waals surface area contributed by atoms with Crippen LogP contribution in [0.3, 0.4) is 0 Å². The third-order valence-corrected chi connectivity index (χ3v) is 4.20. The molecule has 3 aromatic rings. The molecular formula is C19H17N3O2. The van der Waals surface area contributed by atoms with Crippen molar-refractivity contribution in [2.75, 3.05) is 13.8 Å². The lowest BCUT2D eigenvalue weighted by Crippen LogP contribution is -2.17. The number of hydrogen-bond acceptors (Lipinski definition) is 4. The number of nitrogens with zero attached hydrogens (tertiary/aromatic N) is 3. The number of benzene rings is 1. The summed E-state index contributed by atoms with van der Waals surface area (Å²) in [4.78, 5) is 2.19. The average molecular weight is 319 g/mol. The van der Waals surface area contributed by atoms with Gasteiger partial charge in [-0.3, -0.25) is 4.90 Å². The zero-order valence-electron chi connectivity index (χ0n) is 13.4. The lowest BCUT2D eigenvalue weighted by atomic mass is 10.1. The van der Waals surface area contributed by atoms with Crippen LogP contribution >= 0.6 is 0 Å². The van der Waals surface area contributed by atoms with Gasteiger partial charge in [-0.25, -0.2) is 0 Å². The van der Waals surface area contributed by atoms with Crippen LogP contribution in [0.5, 0.6) is 11.5 Å². The van der Waals surface area contributed by atoms with Crippen LogP contribution in [0.15, 0.2) is 48.8 Å². The number of fused-ring (bicyclic) bond motifs is 2. The highest BCUT2D eigenvalue weighted by atomic mass is 16.7. The number of aromatic nitrogens is 1. The standard InChI is InChI=1S/C19H17N3O2/c1-21(10-14-5-6-18-19(8-14)24-13-23-18)11-15-12-22-7-3-2-4-17(22)16(15)9-20/h2-8,12H,10-11,13H2,1H3. The molecule has 1 aliphatic heterocycles. The van der Waals surface area contributed by atoms with Crippen molar-refractivity contribution in [3.63, 3.8) is 0 Å². The van der Waals surface area contributed by atoms with E-state index in [-0.39, 0.29) is 6.79 Å². The van der Waals surface area contributed by atoms with Crippen molar-refractivity contribution in [1.82, 2.24) is 9.30 Å². The first-order valence-electron chi connectivity index (χ1n) is 7.80. The third-order valence-electron chi connectivity index (χ3n) is 4.20. The molecule has 4 rings (SSSR count). The highest BCUT2D eigenvalue weighted by Crippen LogP contribution is 2.32. The molecule has 2 aromatic heterocycles. The molecule has 0 atom stereocenters. The van der Waals surface area contributed by atoms with E-state index in [9.17, 15) is 5.26 Å². The van der Waals surface area contributed by atoms with E-state index < -0.39 is 0 Å². The summed E-state index contributed by atoms with van der Waals surface area (Å²) in [5.74, 6) is 1.60. The van der Waals surface area contributed by atoms with Gasteiger partial charge in [0.1, 0.15) is 6.07 Å². The van der Waals surface area contributed by atoms with Gasteiger partial charge in [-0.2, -0.15) is 5.26 Å². The molecular weight excluding hydrogens is 302 g/mol. The Bertz CT molecular complexity index is 939. The van der Waals surface area contributed by atoms with E-state index in [2.05, 4.69) is 11.0 Å². The Kier molecular flexibility index (Phi) is 3.60. The molecule has 0 unspecified atom stereocenters. The van der Waals surface area contributed by atoms with Gasteiger partial charge in [-0.15, -0.1) is 0 Å². The van der Waals surface area contributed by atoms with Crippen LogP contribution in [-0.2, 0) is 13.1 Å². The third kappa shape index (κ3) is 2.57. The van der Waals surface area contributed by atoms with E-state index in [0.29, 0.717) is 6.54 Å². The highest BCUT2D eigenvalue weighted by Gasteiger charge is 2.15. The van der Waals surface area contributed by atoms with Crippen LogP contribution in [-0.4, -0.2) is 23.1 Å². The van der Waals surface area contributed by atoms with Gasteiger partial charge >= 0.3 is 0 Å². The topological polar surface area (TPSA) is 49.9 Å². The molecule has 0 radical (unpaired) electrons. The molecule has 0 amide bonds. The molecule has 0 spiro atoms. The van der Waals surface area contributed by atoms with E-state index in [4.69, 9.17) is 9.47 Å². The molecule has 0 aliphatic carbocycles. The van der Waals surface area contributed by atoms with Crippen LogP contribution < -0.4 is 9.47 Å². The van der Waals surface area contributed by atoms with Gasteiger partial charge in [-0.1, -0.05) is 12.1 Å². The fourth-order valence-corrected chi connectivity index (χ4v) is 3.12. The summed E-state index contributed by atoms with van der Waals surface area (Å²) < 4.78 is 12.8. The molecule has 1 aromatic carbocycles. The minimum absolute atomic E-state index is 0.289. The summed E-state index contributed by atoms with van der Waals surface area (Å²) in [5, 5.41) is 9.50. The first-order chi connectivity index (χ1) is 11.7. The minimum atomic E-state index is 0.289. The number of rotatable bonds is 4. The molecule has 0 bridgehead atoms. The summed E-state index contributed by atoms with van der Waals surface area (Å²) in [7, 11) is 2.05. The molecule has 24 heavy (non-hydrogen) atoms. The summed E-state index contributed by atoms with van der Waals surface area (Å²) >= 11 is 0. The number of nitriles is 1. The Morgan fingerprint density at radius 3 is 2.92 bits per heavy atom. The van der Waals surface area contributed by atoms with Crippen molar-refractivity contribution in [3.05, 3.63) is 65.5 Å². The number of ether oxygens (including phenoxy) is 2. The monoisotopic (exact) mass is 319 g/mol. The highest BCUT2D eigenvalue weighted by molar-refractivity contribution is 5.65. The maximum atomic E-state index is 9.50. The second kappa shape index (κ2) is 5.91. The molecule has 0 N–H and O–H groups in total. The van der Waals surface area contributed by atoms with E-state index in [1.807, 2.05) is 60.2 Å². The van der Waals surface area contributed by atoms with E-state index >= 15 is 0 Å². The summed E-state index contributed by atoms with van der Waals surface area (Å²) in [6.45, 7) is 1.77. The predicted octanol–water partition coefficient (Wildman–Crippen LogP) is 3.17. The Hall–Kier alpha value is -2.97. The number of pyridine rings is 1. The van der Waals surface area contributed by atoms with Gasteiger partial charge < -0.3 is 13.9 Å². The lowest BCUT2D eigenvalue weighted by molar-refractivity contribution is 0.174. The smallest absolute Gasteiger partial charge is 0.231 e. The molecule has 120 valence electrons. The average Bonchev–Trinajstić information content (AvgIpc) is 3.17. The first-order valence-corrected chi connectivity index (χ1v) is 7.80. The molecule has 0 saturated carbocycles. The Morgan fingerprint density at radius 2 is 2.04 bits per heavy atom. The largest absolute Gasteiger partial charge is 0.454 e. The fourth-order valence-electron chi connectivity index (χ4n) is 3.12. The van der Waals surface area contributed by atoms with E-state index in [1.165, 1.54) is 0 Å². The van der Waals surface area contributed by atoms with Crippen LogP contribution in [0.2, 0.25) is 0 Å². The van der Waals surface area contributed by atoms with Gasteiger partial charge in [0.15, 0.2) is 11.5 Å². The molecule has 3 heterocycles. The fraction of sp³-hybridized carbons (Fsp3) is 0.211. The Balaban J connectivity index is 1.54. The van der Waals surface area contributed by atoms with Crippen molar-refractivity contribution in [2.45, 2.75) is 13.1 Å². The van der Waals surface area contributed by atoms with Gasteiger partial charge in [0.25, 0.3) is 0 Å². The zero-order valence-corrected chi connectivity index (χ0v) is 13.4. The normalized spacial score (nSPS) is 12.7. The van der Waals surface area contributed by atoms with Crippen LogP contribution in [0.1, 0.15) is 16.7 Å². The maximum absolute atomic E-state index is 9.50. The second-order valence-corrected chi connectivity index (χ2v) is 5.99. The van der Waals surface area contributed by atoms with Crippen LogP contribution in [0, 0.1) is 11.3 Å². The van der Waals surface area contributed by atoms with Crippen molar-refractivity contribution in [3.8, 4) is 17.6 Å². The predicted molar refractivity (Wildman–Crippen MR) is 89.8 cm³/mol. The van der Waals surface area contributed by atoms with Gasteiger partial charge in [0.2, 0.25) is 6.79 Å². The van der Waals surface area contributed by atoms with Gasteiger partial charge in [0, 0.05) is 31.0 Å². The summed E-state index contributed by atoms with van der Waals surface area (Å²) in [6.07, 6.45) is 4.00. The quantitative estimate of drug-likeness (QED) is 0.741. The SMILES string of the molecule is CN(Cc1ccc2c(c1)OCO2)Cc1cn2ccccc2c1C#N. The molecule has 1 aliphatic rings.